The molecule has 4 rings (SSSR count). The van der Waals surface area contributed by atoms with Crippen LogP contribution in [0.4, 0.5) is 16.2 Å². The van der Waals surface area contributed by atoms with Crippen molar-refractivity contribution in [1.82, 2.24) is 9.57 Å². The second kappa shape index (κ2) is 14.1. The van der Waals surface area contributed by atoms with E-state index in [1.54, 1.807) is 23.5 Å². The first kappa shape index (κ1) is 30.7. The first-order valence-electron chi connectivity index (χ1n) is 13.8. The predicted molar refractivity (Wildman–Crippen MR) is 165 cm³/mol. The lowest BCUT2D eigenvalue weighted by molar-refractivity contribution is -0.120. The molecule has 0 radical (unpaired) electrons. The van der Waals surface area contributed by atoms with E-state index in [0.717, 1.165) is 62.5 Å². The number of nitrogens with zero attached hydrogens (tertiary/aromatic N) is 4. The SMILES string of the molecule is CC(OC(=O)N(C)P(C)C)N1C(=O)CCc2ccc(OCCCCN3CCN(c4cccc(Cl)c4Cl)CC3)cc21. The molecule has 0 spiro atoms. The highest BCUT2D eigenvalue weighted by atomic mass is 35.5. The maximum absolute atomic E-state index is 12.8. The molecule has 1 saturated heterocycles. The van der Waals surface area contributed by atoms with Crippen LogP contribution in [0.15, 0.2) is 36.4 Å². The minimum Gasteiger partial charge on any atom is -0.494 e. The van der Waals surface area contributed by atoms with Crippen molar-refractivity contribution < 1.29 is 19.1 Å². The first-order chi connectivity index (χ1) is 19.2. The molecule has 0 saturated carbocycles. The Morgan fingerprint density at radius 3 is 2.52 bits per heavy atom. The maximum atomic E-state index is 12.8. The van der Waals surface area contributed by atoms with E-state index >= 15 is 0 Å². The van der Waals surface area contributed by atoms with E-state index in [1.165, 1.54) is 0 Å². The van der Waals surface area contributed by atoms with Gasteiger partial charge >= 0.3 is 6.09 Å². The Kier molecular flexibility index (Phi) is 10.8. The van der Waals surface area contributed by atoms with Crippen molar-refractivity contribution in [2.45, 2.75) is 38.8 Å². The molecule has 2 amide bonds. The number of carbonyl (C=O) groups excluding carboxylic acids is 2. The topological polar surface area (TPSA) is 65.6 Å². The normalized spacial score (nSPS) is 16.6. The highest BCUT2D eigenvalue weighted by Gasteiger charge is 2.31. The number of ether oxygens (including phenoxy) is 2. The van der Waals surface area contributed by atoms with Crippen LogP contribution >= 0.6 is 31.3 Å². The third-order valence-electron chi connectivity index (χ3n) is 7.47. The number of hydrogen-bond acceptors (Lipinski definition) is 6. The summed E-state index contributed by atoms with van der Waals surface area (Å²) in [5, 5.41) is 1.22. The molecule has 1 unspecified atom stereocenters. The van der Waals surface area contributed by atoms with E-state index < -0.39 is 20.4 Å². The molecule has 2 aromatic carbocycles. The molecule has 40 heavy (non-hydrogen) atoms. The Hall–Kier alpha value is -2.25. The molecule has 2 aliphatic heterocycles. The van der Waals surface area contributed by atoms with Crippen LogP contribution in [-0.2, 0) is 16.0 Å². The van der Waals surface area contributed by atoms with Gasteiger partial charge in [0.25, 0.3) is 0 Å². The maximum Gasteiger partial charge on any atom is 0.414 e. The van der Waals surface area contributed by atoms with Gasteiger partial charge in [0, 0.05) is 45.7 Å². The van der Waals surface area contributed by atoms with Crippen molar-refractivity contribution in [3.63, 3.8) is 0 Å². The largest absolute Gasteiger partial charge is 0.494 e. The lowest BCUT2D eigenvalue weighted by Crippen LogP contribution is -2.46. The fourth-order valence-corrected chi connectivity index (χ4v) is 5.77. The quantitative estimate of drug-likeness (QED) is 0.232. The summed E-state index contributed by atoms with van der Waals surface area (Å²) in [5.41, 5.74) is 2.81. The predicted octanol–water partition coefficient (Wildman–Crippen LogP) is 6.32. The third-order valence-corrected chi connectivity index (χ3v) is 9.65. The Morgan fingerprint density at radius 1 is 1.05 bits per heavy atom. The van der Waals surface area contributed by atoms with Crippen LogP contribution in [0, 0.1) is 0 Å². The zero-order chi connectivity index (χ0) is 28.8. The summed E-state index contributed by atoms with van der Waals surface area (Å²) in [5.74, 6) is 0.660. The zero-order valence-corrected chi connectivity index (χ0v) is 26.1. The highest BCUT2D eigenvalue weighted by molar-refractivity contribution is 7.54. The first-order valence-corrected chi connectivity index (χ1v) is 16.7. The smallest absolute Gasteiger partial charge is 0.414 e. The molecule has 0 aromatic heterocycles. The second-order valence-corrected chi connectivity index (χ2v) is 13.4. The average Bonchev–Trinajstić information content (AvgIpc) is 2.94. The van der Waals surface area contributed by atoms with E-state index in [1.807, 2.05) is 49.7 Å². The van der Waals surface area contributed by atoms with E-state index in [2.05, 4.69) is 9.80 Å². The van der Waals surface area contributed by atoms with Crippen LogP contribution in [0.2, 0.25) is 10.0 Å². The van der Waals surface area contributed by atoms with E-state index in [4.69, 9.17) is 32.7 Å². The Bertz CT molecular complexity index is 1190. The summed E-state index contributed by atoms with van der Waals surface area (Å²) in [6, 6.07) is 11.6. The van der Waals surface area contributed by atoms with Gasteiger partial charge in [-0.15, -0.1) is 0 Å². The average molecular weight is 610 g/mol. The zero-order valence-electron chi connectivity index (χ0n) is 23.7. The van der Waals surface area contributed by atoms with Gasteiger partial charge in [0.15, 0.2) is 6.23 Å². The molecule has 1 fully saturated rings. The number of piperazine rings is 1. The number of amides is 2. The molecule has 2 heterocycles. The number of benzene rings is 2. The highest BCUT2D eigenvalue weighted by Crippen LogP contribution is 2.35. The number of unbranched alkanes of at least 4 members (excludes halogenated alkanes) is 1. The molecule has 218 valence electrons. The van der Waals surface area contributed by atoms with E-state index in [-0.39, 0.29) is 5.91 Å². The van der Waals surface area contributed by atoms with Gasteiger partial charge in [0.1, 0.15) is 5.75 Å². The van der Waals surface area contributed by atoms with Crippen LogP contribution in [0.5, 0.6) is 5.75 Å². The Labute approximate surface area is 248 Å². The fraction of sp³-hybridized carbons (Fsp3) is 0.517. The van der Waals surface area contributed by atoms with Crippen molar-refractivity contribution in [1.29, 1.82) is 0 Å². The Morgan fingerprint density at radius 2 is 1.80 bits per heavy atom. The number of carbonyl (C=O) groups is 2. The van der Waals surface area contributed by atoms with Crippen LogP contribution < -0.4 is 14.5 Å². The number of halogens is 2. The lowest BCUT2D eigenvalue weighted by atomic mass is 10.0. The van der Waals surface area contributed by atoms with E-state index in [0.29, 0.717) is 35.2 Å². The van der Waals surface area contributed by atoms with Crippen molar-refractivity contribution in [3.8, 4) is 5.75 Å². The van der Waals surface area contributed by atoms with Gasteiger partial charge in [-0.2, -0.15) is 0 Å². The summed E-state index contributed by atoms with van der Waals surface area (Å²) in [7, 11) is 1.09. The summed E-state index contributed by atoms with van der Waals surface area (Å²) >= 11 is 12.6. The van der Waals surface area contributed by atoms with Crippen LogP contribution in [-0.4, -0.2) is 87.5 Å². The van der Waals surface area contributed by atoms with Crippen molar-refractivity contribution in [2.75, 3.05) is 69.5 Å². The minimum absolute atomic E-state index is 0.0550. The van der Waals surface area contributed by atoms with Crippen LogP contribution in [0.1, 0.15) is 31.7 Å². The number of aryl methyl sites for hydroxylation is 1. The van der Waals surface area contributed by atoms with Gasteiger partial charge in [0.2, 0.25) is 5.91 Å². The molecule has 8 nitrogen and oxygen atoms in total. The number of fused-ring (bicyclic) bond motifs is 1. The summed E-state index contributed by atoms with van der Waals surface area (Å²) in [6.45, 7) is 11.1. The Balaban J connectivity index is 1.24. The van der Waals surface area contributed by atoms with Crippen molar-refractivity contribution in [2.24, 2.45) is 0 Å². The number of hydrogen-bond donors (Lipinski definition) is 0. The summed E-state index contributed by atoms with van der Waals surface area (Å²) in [6.07, 6.45) is 1.88. The van der Waals surface area contributed by atoms with Crippen molar-refractivity contribution in [3.05, 3.63) is 52.0 Å². The molecular formula is C29H39Cl2N4O4P. The van der Waals surface area contributed by atoms with Gasteiger partial charge in [-0.25, -0.2) is 4.79 Å². The molecule has 0 N–H and O–H groups in total. The minimum atomic E-state index is -0.706. The molecule has 11 heteroatoms. The molecular weight excluding hydrogens is 570 g/mol. The van der Waals surface area contributed by atoms with Gasteiger partial charge in [-0.1, -0.05) is 35.3 Å². The standard InChI is InChI=1S/C29H39Cl2N4O4P/c1-21(39-29(37)32(2)40(3)4)35-26-20-23(12-10-22(26)11-13-27(35)36)38-19-6-5-14-33-15-17-34(18-16-33)25-9-7-8-24(30)28(25)31/h7-10,12,20-21H,5-6,11,13-19H2,1-4H3. The van der Waals surface area contributed by atoms with Crippen molar-refractivity contribution >= 4 is 54.6 Å². The molecule has 1 atom stereocenters. The summed E-state index contributed by atoms with van der Waals surface area (Å²) in [4.78, 5) is 31.7. The van der Waals surface area contributed by atoms with E-state index in [9.17, 15) is 9.59 Å². The number of anilines is 2. The van der Waals surface area contributed by atoms with Gasteiger partial charge in [-0.3, -0.25) is 19.3 Å². The second-order valence-electron chi connectivity index (χ2n) is 10.4. The number of rotatable bonds is 10. The van der Waals surface area contributed by atoms with Crippen LogP contribution in [0.25, 0.3) is 0 Å². The van der Waals surface area contributed by atoms with Gasteiger partial charge in [-0.05, 0) is 77.9 Å². The lowest BCUT2D eigenvalue weighted by Gasteiger charge is -2.36. The molecule has 2 aliphatic rings. The summed E-state index contributed by atoms with van der Waals surface area (Å²) < 4.78 is 13.3. The van der Waals surface area contributed by atoms with Gasteiger partial charge in [0.05, 0.1) is 28.0 Å². The molecule has 0 bridgehead atoms. The van der Waals surface area contributed by atoms with Gasteiger partial charge < -0.3 is 14.4 Å². The fourth-order valence-electron chi connectivity index (χ4n) is 4.98. The van der Waals surface area contributed by atoms with Crippen LogP contribution in [0.3, 0.4) is 0 Å². The molecule has 2 aromatic rings. The third kappa shape index (κ3) is 7.52. The molecule has 0 aliphatic carbocycles. The monoisotopic (exact) mass is 608 g/mol.